The number of methoxy groups -OCH3 is 2. The molecule has 0 atom stereocenters. The number of aryl methyl sites for hydroxylation is 1. The molecule has 0 bridgehead atoms. The van der Waals surface area contributed by atoms with Gasteiger partial charge in [-0.3, -0.25) is 4.79 Å². The van der Waals surface area contributed by atoms with Crippen molar-refractivity contribution in [3.8, 4) is 11.5 Å². The second-order valence-electron chi connectivity index (χ2n) is 5.14. The number of ether oxygens (including phenoxy) is 3. The van der Waals surface area contributed by atoms with Gasteiger partial charge in [0.05, 0.1) is 27.4 Å². The minimum atomic E-state index is -0.113. The maximum absolute atomic E-state index is 12.6. The molecule has 0 saturated carbocycles. The standard InChI is InChI=1S/C16H19NO5/c1-10-11-4-5-12(19-2)15(20-3)14(11)22-13(10)16(18)17-6-8-21-9-7-17/h4-5H,6-9H2,1-3H3. The van der Waals surface area contributed by atoms with Crippen LogP contribution in [0.15, 0.2) is 16.5 Å². The third kappa shape index (κ3) is 2.29. The number of benzene rings is 1. The smallest absolute Gasteiger partial charge is 0.290 e. The van der Waals surface area contributed by atoms with E-state index >= 15 is 0 Å². The summed E-state index contributed by atoms with van der Waals surface area (Å²) in [4.78, 5) is 14.4. The molecule has 1 fully saturated rings. The van der Waals surface area contributed by atoms with Crippen LogP contribution in [0.25, 0.3) is 11.0 Å². The van der Waals surface area contributed by atoms with Crippen molar-refractivity contribution < 1.29 is 23.4 Å². The molecule has 0 radical (unpaired) electrons. The first kappa shape index (κ1) is 14.7. The van der Waals surface area contributed by atoms with Crippen molar-refractivity contribution >= 4 is 16.9 Å². The second-order valence-corrected chi connectivity index (χ2v) is 5.14. The SMILES string of the molecule is COc1ccc2c(C)c(C(=O)N3CCOCC3)oc2c1OC. The van der Waals surface area contributed by atoms with E-state index in [9.17, 15) is 4.79 Å². The van der Waals surface area contributed by atoms with Gasteiger partial charge in [0, 0.05) is 24.0 Å². The Bertz CT molecular complexity index is 700. The van der Waals surface area contributed by atoms with Crippen LogP contribution in [0.1, 0.15) is 16.1 Å². The van der Waals surface area contributed by atoms with Crippen LogP contribution in [0.3, 0.4) is 0 Å². The van der Waals surface area contributed by atoms with Gasteiger partial charge in [0.25, 0.3) is 5.91 Å². The van der Waals surface area contributed by atoms with Crippen LogP contribution in [0, 0.1) is 6.92 Å². The van der Waals surface area contributed by atoms with Crippen molar-refractivity contribution in [1.82, 2.24) is 4.90 Å². The predicted molar refractivity (Wildman–Crippen MR) is 80.8 cm³/mol. The third-order valence-corrected chi connectivity index (χ3v) is 3.94. The fourth-order valence-electron chi connectivity index (χ4n) is 2.71. The fourth-order valence-corrected chi connectivity index (χ4v) is 2.71. The van der Waals surface area contributed by atoms with Crippen molar-refractivity contribution in [1.29, 1.82) is 0 Å². The summed E-state index contributed by atoms with van der Waals surface area (Å²) in [5.41, 5.74) is 1.35. The van der Waals surface area contributed by atoms with Gasteiger partial charge in [0.15, 0.2) is 17.1 Å². The molecule has 1 aromatic carbocycles. The number of amides is 1. The van der Waals surface area contributed by atoms with E-state index in [1.54, 1.807) is 19.1 Å². The van der Waals surface area contributed by atoms with Crippen molar-refractivity contribution in [2.75, 3.05) is 40.5 Å². The molecule has 0 spiro atoms. The van der Waals surface area contributed by atoms with Crippen molar-refractivity contribution in [2.45, 2.75) is 6.92 Å². The zero-order valence-electron chi connectivity index (χ0n) is 13.0. The van der Waals surface area contributed by atoms with Crippen molar-refractivity contribution in [3.05, 3.63) is 23.5 Å². The van der Waals surface area contributed by atoms with Crippen LogP contribution >= 0.6 is 0 Å². The van der Waals surface area contributed by atoms with Crippen LogP contribution in [0.2, 0.25) is 0 Å². The summed E-state index contributed by atoms with van der Waals surface area (Å²) in [5, 5.41) is 0.856. The number of rotatable bonds is 3. The minimum absolute atomic E-state index is 0.113. The highest BCUT2D eigenvalue weighted by Gasteiger charge is 2.26. The van der Waals surface area contributed by atoms with E-state index in [0.717, 1.165) is 10.9 Å². The summed E-state index contributed by atoms with van der Waals surface area (Å²) in [6.07, 6.45) is 0. The monoisotopic (exact) mass is 305 g/mol. The number of carbonyl (C=O) groups excluding carboxylic acids is 1. The average Bonchev–Trinajstić information content (AvgIpc) is 2.91. The molecule has 6 nitrogen and oxygen atoms in total. The van der Waals surface area contributed by atoms with E-state index in [2.05, 4.69) is 0 Å². The highest BCUT2D eigenvalue weighted by molar-refractivity contribution is 6.00. The molecule has 2 heterocycles. The number of carbonyl (C=O) groups is 1. The zero-order valence-corrected chi connectivity index (χ0v) is 13.0. The van der Waals surface area contributed by atoms with Crippen LogP contribution in [0.5, 0.6) is 11.5 Å². The van der Waals surface area contributed by atoms with Gasteiger partial charge < -0.3 is 23.5 Å². The lowest BCUT2D eigenvalue weighted by molar-refractivity contribution is 0.0283. The van der Waals surface area contributed by atoms with Crippen LogP contribution in [-0.2, 0) is 4.74 Å². The topological polar surface area (TPSA) is 61.1 Å². The van der Waals surface area contributed by atoms with Gasteiger partial charge in [-0.2, -0.15) is 0 Å². The summed E-state index contributed by atoms with van der Waals surface area (Å²) < 4.78 is 21.8. The second kappa shape index (κ2) is 5.88. The molecular weight excluding hydrogens is 286 g/mol. The van der Waals surface area contributed by atoms with E-state index in [4.69, 9.17) is 18.6 Å². The van der Waals surface area contributed by atoms with Crippen LogP contribution in [-0.4, -0.2) is 51.3 Å². The molecule has 1 amide bonds. The Labute approximate surface area is 128 Å². The number of hydrogen-bond donors (Lipinski definition) is 0. The molecule has 6 heteroatoms. The minimum Gasteiger partial charge on any atom is -0.493 e. The largest absolute Gasteiger partial charge is 0.493 e. The summed E-state index contributed by atoms with van der Waals surface area (Å²) in [6.45, 7) is 4.15. The highest BCUT2D eigenvalue weighted by atomic mass is 16.5. The molecule has 0 N–H and O–H groups in total. The van der Waals surface area contributed by atoms with E-state index in [1.807, 2.05) is 19.1 Å². The van der Waals surface area contributed by atoms with Gasteiger partial charge in [-0.15, -0.1) is 0 Å². The maximum atomic E-state index is 12.6. The Morgan fingerprint density at radius 3 is 2.55 bits per heavy atom. The summed E-state index contributed by atoms with van der Waals surface area (Å²) >= 11 is 0. The van der Waals surface area contributed by atoms with Crippen LogP contribution in [0.4, 0.5) is 0 Å². The number of fused-ring (bicyclic) bond motifs is 1. The maximum Gasteiger partial charge on any atom is 0.290 e. The average molecular weight is 305 g/mol. The fraction of sp³-hybridized carbons (Fsp3) is 0.438. The Morgan fingerprint density at radius 2 is 1.91 bits per heavy atom. The van der Waals surface area contributed by atoms with E-state index in [1.165, 1.54) is 0 Å². The molecule has 1 saturated heterocycles. The summed E-state index contributed by atoms with van der Waals surface area (Å²) in [7, 11) is 3.12. The lowest BCUT2D eigenvalue weighted by atomic mass is 10.1. The normalized spacial score (nSPS) is 15.1. The van der Waals surface area contributed by atoms with E-state index in [0.29, 0.717) is 49.1 Å². The first-order valence-electron chi connectivity index (χ1n) is 7.18. The third-order valence-electron chi connectivity index (χ3n) is 3.94. The van der Waals surface area contributed by atoms with Gasteiger partial charge in [0.1, 0.15) is 0 Å². The van der Waals surface area contributed by atoms with Gasteiger partial charge in [-0.1, -0.05) is 0 Å². The number of morpholine rings is 1. The highest BCUT2D eigenvalue weighted by Crippen LogP contribution is 2.39. The molecule has 1 aliphatic heterocycles. The Hall–Kier alpha value is -2.21. The first-order chi connectivity index (χ1) is 10.7. The Kier molecular flexibility index (Phi) is 3.94. The molecule has 1 aromatic heterocycles. The Balaban J connectivity index is 2.07. The molecular formula is C16H19NO5. The lowest BCUT2D eigenvalue weighted by Crippen LogP contribution is -2.40. The van der Waals surface area contributed by atoms with Gasteiger partial charge in [-0.05, 0) is 19.1 Å². The lowest BCUT2D eigenvalue weighted by Gasteiger charge is -2.26. The number of furan rings is 1. The van der Waals surface area contributed by atoms with E-state index < -0.39 is 0 Å². The molecule has 0 aliphatic carbocycles. The quantitative estimate of drug-likeness (QED) is 0.870. The number of hydrogen-bond acceptors (Lipinski definition) is 5. The molecule has 118 valence electrons. The van der Waals surface area contributed by atoms with Gasteiger partial charge in [-0.25, -0.2) is 0 Å². The molecule has 1 aliphatic rings. The summed E-state index contributed by atoms with van der Waals surface area (Å²) in [6, 6.07) is 3.69. The molecule has 3 rings (SSSR count). The van der Waals surface area contributed by atoms with Gasteiger partial charge in [0.2, 0.25) is 5.75 Å². The van der Waals surface area contributed by atoms with Gasteiger partial charge >= 0.3 is 0 Å². The number of nitrogens with zero attached hydrogens (tertiary/aromatic N) is 1. The zero-order chi connectivity index (χ0) is 15.7. The van der Waals surface area contributed by atoms with Crippen molar-refractivity contribution in [2.24, 2.45) is 0 Å². The van der Waals surface area contributed by atoms with Crippen molar-refractivity contribution in [3.63, 3.8) is 0 Å². The first-order valence-corrected chi connectivity index (χ1v) is 7.18. The van der Waals surface area contributed by atoms with Crippen LogP contribution < -0.4 is 9.47 Å². The molecule has 2 aromatic rings. The van der Waals surface area contributed by atoms with E-state index in [-0.39, 0.29) is 5.91 Å². The molecule has 0 unspecified atom stereocenters. The predicted octanol–water partition coefficient (Wildman–Crippen LogP) is 2.23. The Morgan fingerprint density at radius 1 is 1.18 bits per heavy atom. The molecule has 22 heavy (non-hydrogen) atoms. The summed E-state index contributed by atoms with van der Waals surface area (Å²) in [5.74, 6) is 1.32.